The first kappa shape index (κ1) is 15.5. The Hall–Kier alpha value is -1.51. The number of hydrogen-bond acceptors (Lipinski definition) is 5. The molecule has 0 fully saturated rings. The van der Waals surface area contributed by atoms with Crippen LogP contribution in [0.4, 0.5) is 5.69 Å². The summed E-state index contributed by atoms with van der Waals surface area (Å²) in [6.45, 7) is 3.27. The molecule has 0 radical (unpaired) electrons. The van der Waals surface area contributed by atoms with Crippen molar-refractivity contribution >= 4 is 15.7 Å². The fourth-order valence-corrected chi connectivity index (χ4v) is 3.19. The van der Waals surface area contributed by atoms with Gasteiger partial charge in [-0.05, 0) is 19.9 Å². The van der Waals surface area contributed by atoms with E-state index in [-0.39, 0.29) is 22.8 Å². The van der Waals surface area contributed by atoms with Crippen LogP contribution in [0.1, 0.15) is 12.5 Å². The number of ether oxygens (including phenoxy) is 1. The lowest BCUT2D eigenvalue weighted by Crippen LogP contribution is -2.35. The first-order valence-electron chi connectivity index (χ1n) is 5.55. The third-order valence-corrected chi connectivity index (χ3v) is 4.25. The van der Waals surface area contributed by atoms with Crippen molar-refractivity contribution in [3.05, 3.63) is 33.9 Å². The fraction of sp³-hybridized carbons (Fsp3) is 0.455. The van der Waals surface area contributed by atoms with Gasteiger partial charge in [0.1, 0.15) is 0 Å². The minimum Gasteiger partial charge on any atom is -0.383 e. The number of nitrogens with zero attached hydrogens (tertiary/aromatic N) is 1. The molecule has 1 N–H and O–H groups in total. The molecule has 1 unspecified atom stereocenters. The lowest BCUT2D eigenvalue weighted by Gasteiger charge is -2.14. The zero-order valence-electron chi connectivity index (χ0n) is 10.9. The van der Waals surface area contributed by atoms with E-state index in [1.54, 1.807) is 6.92 Å². The van der Waals surface area contributed by atoms with Gasteiger partial charge in [0, 0.05) is 24.8 Å². The van der Waals surface area contributed by atoms with Crippen LogP contribution in [0.5, 0.6) is 0 Å². The van der Waals surface area contributed by atoms with Gasteiger partial charge in [-0.2, -0.15) is 0 Å². The summed E-state index contributed by atoms with van der Waals surface area (Å²) in [5.74, 6) is 0. The molecule has 0 heterocycles. The summed E-state index contributed by atoms with van der Waals surface area (Å²) in [5.41, 5.74) is -0.105. The Balaban J connectivity index is 3.15. The highest BCUT2D eigenvalue weighted by atomic mass is 32.2. The van der Waals surface area contributed by atoms with Gasteiger partial charge in [-0.3, -0.25) is 10.1 Å². The van der Waals surface area contributed by atoms with Gasteiger partial charge in [0.25, 0.3) is 5.69 Å². The lowest BCUT2D eigenvalue weighted by atomic mass is 10.2. The van der Waals surface area contributed by atoms with Crippen LogP contribution in [-0.4, -0.2) is 33.1 Å². The van der Waals surface area contributed by atoms with Crippen LogP contribution in [0, 0.1) is 17.0 Å². The Labute approximate surface area is 111 Å². The maximum absolute atomic E-state index is 12.1. The predicted octanol–water partition coefficient (Wildman–Crippen LogP) is 1.22. The van der Waals surface area contributed by atoms with Crippen LogP contribution in [0.3, 0.4) is 0 Å². The molecule has 0 spiro atoms. The Morgan fingerprint density at radius 2 is 2.11 bits per heavy atom. The fourth-order valence-electron chi connectivity index (χ4n) is 1.70. The molecule has 1 rings (SSSR count). The van der Waals surface area contributed by atoms with Crippen molar-refractivity contribution < 1.29 is 18.1 Å². The molecular weight excluding hydrogens is 272 g/mol. The largest absolute Gasteiger partial charge is 0.383 e. The average Bonchev–Trinajstić information content (AvgIpc) is 2.27. The monoisotopic (exact) mass is 288 g/mol. The van der Waals surface area contributed by atoms with Crippen LogP contribution >= 0.6 is 0 Å². The maximum Gasteiger partial charge on any atom is 0.273 e. The molecule has 1 atom stereocenters. The smallest absolute Gasteiger partial charge is 0.273 e. The highest BCUT2D eigenvalue weighted by Gasteiger charge is 2.24. The summed E-state index contributed by atoms with van der Waals surface area (Å²) in [7, 11) is -2.34. The number of nitrogens with one attached hydrogen (secondary N) is 1. The summed E-state index contributed by atoms with van der Waals surface area (Å²) in [6, 6.07) is 3.53. The third kappa shape index (κ3) is 3.72. The summed E-state index contributed by atoms with van der Waals surface area (Å²) in [6.07, 6.45) is 0. The van der Waals surface area contributed by atoms with E-state index < -0.39 is 21.0 Å². The molecule has 19 heavy (non-hydrogen) atoms. The molecule has 0 bridgehead atoms. The second-order valence-electron chi connectivity index (χ2n) is 4.14. The van der Waals surface area contributed by atoms with Crippen LogP contribution in [-0.2, 0) is 14.8 Å². The van der Waals surface area contributed by atoms with Gasteiger partial charge >= 0.3 is 0 Å². The van der Waals surface area contributed by atoms with Gasteiger partial charge < -0.3 is 4.74 Å². The first-order valence-corrected chi connectivity index (χ1v) is 7.03. The topological polar surface area (TPSA) is 98.5 Å². The molecule has 0 aliphatic heterocycles. The molecule has 8 heteroatoms. The van der Waals surface area contributed by atoms with Crippen LogP contribution < -0.4 is 4.72 Å². The standard InChI is InChI=1S/C11H16N2O5S/c1-8(7-18-3)12-19(16,17)11-6-4-5-10(9(11)2)13(14)15/h4-6,8,12H,7H2,1-3H3. The summed E-state index contributed by atoms with van der Waals surface area (Å²) >= 11 is 0. The van der Waals surface area contributed by atoms with E-state index in [1.807, 2.05) is 0 Å². The molecule has 106 valence electrons. The zero-order chi connectivity index (χ0) is 14.6. The van der Waals surface area contributed by atoms with Crippen LogP contribution in [0.25, 0.3) is 0 Å². The van der Waals surface area contributed by atoms with Crippen molar-refractivity contribution in [1.82, 2.24) is 4.72 Å². The first-order chi connectivity index (χ1) is 8.79. The van der Waals surface area contributed by atoms with Gasteiger partial charge in [0.2, 0.25) is 10.0 Å². The highest BCUT2D eigenvalue weighted by molar-refractivity contribution is 7.89. The quantitative estimate of drug-likeness (QED) is 0.626. The molecule has 0 aliphatic rings. The predicted molar refractivity (Wildman–Crippen MR) is 69.5 cm³/mol. The van der Waals surface area contributed by atoms with Gasteiger partial charge in [0.05, 0.1) is 16.4 Å². The molecule has 0 aliphatic carbocycles. The van der Waals surface area contributed by atoms with Crippen molar-refractivity contribution in [2.24, 2.45) is 0 Å². The SMILES string of the molecule is COCC(C)NS(=O)(=O)c1cccc([N+](=O)[O-])c1C. The molecule has 7 nitrogen and oxygen atoms in total. The van der Waals surface area contributed by atoms with E-state index in [0.29, 0.717) is 0 Å². The van der Waals surface area contributed by atoms with Gasteiger partial charge in [-0.15, -0.1) is 0 Å². The molecular formula is C11H16N2O5S. The van der Waals surface area contributed by atoms with Crippen molar-refractivity contribution in [3.63, 3.8) is 0 Å². The van der Waals surface area contributed by atoms with E-state index in [4.69, 9.17) is 4.74 Å². The number of hydrogen-bond donors (Lipinski definition) is 1. The second kappa shape index (κ2) is 6.09. The number of nitro groups is 1. The van der Waals surface area contributed by atoms with E-state index in [9.17, 15) is 18.5 Å². The van der Waals surface area contributed by atoms with Crippen molar-refractivity contribution in [2.75, 3.05) is 13.7 Å². The maximum atomic E-state index is 12.1. The van der Waals surface area contributed by atoms with E-state index in [0.717, 1.165) is 0 Å². The minimum atomic E-state index is -3.80. The van der Waals surface area contributed by atoms with Crippen molar-refractivity contribution in [2.45, 2.75) is 24.8 Å². The molecule has 1 aromatic carbocycles. The number of rotatable bonds is 6. The normalized spacial score (nSPS) is 13.2. The van der Waals surface area contributed by atoms with E-state index in [2.05, 4.69) is 4.72 Å². The molecule has 0 saturated heterocycles. The summed E-state index contributed by atoms with van der Waals surface area (Å²) in [5, 5.41) is 10.8. The molecule has 0 aromatic heterocycles. The van der Waals surface area contributed by atoms with Crippen molar-refractivity contribution in [3.8, 4) is 0 Å². The summed E-state index contributed by atoms with van der Waals surface area (Å²) in [4.78, 5) is 10.1. The van der Waals surface area contributed by atoms with Gasteiger partial charge in [0.15, 0.2) is 0 Å². The minimum absolute atomic E-state index is 0.0929. The Bertz CT molecular complexity index is 570. The zero-order valence-corrected chi connectivity index (χ0v) is 11.7. The highest BCUT2D eigenvalue weighted by Crippen LogP contribution is 2.24. The van der Waals surface area contributed by atoms with E-state index >= 15 is 0 Å². The number of nitro benzene ring substituents is 1. The Morgan fingerprint density at radius 1 is 1.47 bits per heavy atom. The van der Waals surface area contributed by atoms with Gasteiger partial charge in [-0.1, -0.05) is 6.07 Å². The number of benzene rings is 1. The summed E-state index contributed by atoms with van der Waals surface area (Å²) < 4.78 is 31.5. The molecule has 0 saturated carbocycles. The second-order valence-corrected chi connectivity index (χ2v) is 5.82. The molecule has 1 aromatic rings. The van der Waals surface area contributed by atoms with E-state index in [1.165, 1.54) is 32.2 Å². The van der Waals surface area contributed by atoms with Gasteiger partial charge in [-0.25, -0.2) is 13.1 Å². The third-order valence-electron chi connectivity index (χ3n) is 2.51. The Morgan fingerprint density at radius 3 is 2.63 bits per heavy atom. The van der Waals surface area contributed by atoms with Crippen LogP contribution in [0.2, 0.25) is 0 Å². The Kier molecular flexibility index (Phi) is 4.98. The molecule has 0 amide bonds. The average molecular weight is 288 g/mol. The number of methoxy groups -OCH3 is 1. The lowest BCUT2D eigenvalue weighted by molar-refractivity contribution is -0.385. The van der Waals surface area contributed by atoms with Crippen molar-refractivity contribution in [1.29, 1.82) is 0 Å². The number of sulfonamides is 1. The van der Waals surface area contributed by atoms with Crippen LogP contribution in [0.15, 0.2) is 23.1 Å².